The van der Waals surface area contributed by atoms with E-state index in [1.807, 2.05) is 0 Å². The van der Waals surface area contributed by atoms with Gasteiger partial charge in [-0.3, -0.25) is 0 Å². The average Bonchev–Trinajstić information content (AvgIpc) is 2.49. The van der Waals surface area contributed by atoms with Gasteiger partial charge in [0, 0.05) is 24.3 Å². The molecule has 0 unspecified atom stereocenters. The van der Waals surface area contributed by atoms with Crippen LogP contribution < -0.4 is 10.6 Å². The zero-order valence-electron chi connectivity index (χ0n) is 12.4. The lowest BCUT2D eigenvalue weighted by Crippen LogP contribution is -2.36. The Morgan fingerprint density at radius 3 is 2.26 bits per heavy atom. The highest BCUT2D eigenvalue weighted by atomic mass is 15.2. The molecule has 0 radical (unpaired) electrons. The lowest BCUT2D eigenvalue weighted by Gasteiger charge is -2.35. The van der Waals surface area contributed by atoms with Crippen LogP contribution in [0.25, 0.3) is 0 Å². The van der Waals surface area contributed by atoms with Crippen molar-refractivity contribution < 1.29 is 0 Å². The third-order valence-corrected chi connectivity index (χ3v) is 4.45. The molecule has 106 valence electrons. The monoisotopic (exact) mass is 260 g/mol. The fourth-order valence-electron chi connectivity index (χ4n) is 3.19. The molecule has 0 spiro atoms. The molecular formula is C17H28N2. The van der Waals surface area contributed by atoms with E-state index in [1.165, 1.54) is 43.4 Å². The zero-order chi connectivity index (χ0) is 13.7. The van der Waals surface area contributed by atoms with Crippen molar-refractivity contribution in [3.63, 3.8) is 0 Å². The number of hydrogen-bond donors (Lipinski definition) is 1. The summed E-state index contributed by atoms with van der Waals surface area (Å²) in [5.41, 5.74) is 8.70. The summed E-state index contributed by atoms with van der Waals surface area (Å²) >= 11 is 0. The molecular weight excluding hydrogens is 232 g/mol. The highest BCUT2D eigenvalue weighted by Gasteiger charge is 2.20. The number of nitrogens with zero attached hydrogens (tertiary/aromatic N) is 1. The minimum Gasteiger partial charge on any atom is -0.369 e. The number of anilines is 1. The Kier molecular flexibility index (Phi) is 5.26. The lowest BCUT2D eigenvalue weighted by atomic mass is 9.93. The van der Waals surface area contributed by atoms with Crippen LogP contribution in [-0.4, -0.2) is 12.6 Å². The summed E-state index contributed by atoms with van der Waals surface area (Å²) in [4.78, 5) is 2.57. The largest absolute Gasteiger partial charge is 0.369 e. The maximum absolute atomic E-state index is 6.08. The summed E-state index contributed by atoms with van der Waals surface area (Å²) in [7, 11) is 0. The Morgan fingerprint density at radius 2 is 1.74 bits per heavy atom. The summed E-state index contributed by atoms with van der Waals surface area (Å²) in [6.45, 7) is 5.50. The number of hydrogen-bond acceptors (Lipinski definition) is 2. The number of benzene rings is 1. The molecule has 2 heteroatoms. The van der Waals surface area contributed by atoms with E-state index in [2.05, 4.69) is 43.0 Å². The first-order valence-corrected chi connectivity index (χ1v) is 7.88. The molecule has 1 aromatic carbocycles. The maximum Gasteiger partial charge on any atom is 0.0368 e. The zero-order valence-corrected chi connectivity index (χ0v) is 12.4. The highest BCUT2D eigenvalue weighted by Crippen LogP contribution is 2.28. The van der Waals surface area contributed by atoms with Crippen LogP contribution in [0.4, 0.5) is 5.69 Å². The first kappa shape index (κ1) is 14.4. The quantitative estimate of drug-likeness (QED) is 0.857. The van der Waals surface area contributed by atoms with Gasteiger partial charge in [-0.1, -0.05) is 38.3 Å². The SMILES string of the molecule is CC[C@H](N)c1ccc(N(CC)C2CCCCC2)cc1. The topological polar surface area (TPSA) is 29.3 Å². The first-order chi connectivity index (χ1) is 9.26. The molecule has 0 bridgehead atoms. The van der Waals surface area contributed by atoms with E-state index >= 15 is 0 Å². The van der Waals surface area contributed by atoms with Crippen LogP contribution in [-0.2, 0) is 0 Å². The average molecular weight is 260 g/mol. The van der Waals surface area contributed by atoms with Crippen LogP contribution in [0.1, 0.15) is 64.0 Å². The molecule has 0 aliphatic heterocycles. The van der Waals surface area contributed by atoms with Crippen LogP contribution in [0.2, 0.25) is 0 Å². The van der Waals surface area contributed by atoms with E-state index in [0.29, 0.717) is 0 Å². The van der Waals surface area contributed by atoms with E-state index in [9.17, 15) is 0 Å². The van der Waals surface area contributed by atoms with Gasteiger partial charge in [0.1, 0.15) is 0 Å². The molecule has 2 N–H and O–H groups in total. The maximum atomic E-state index is 6.08. The van der Waals surface area contributed by atoms with Crippen LogP contribution >= 0.6 is 0 Å². The Balaban J connectivity index is 2.09. The standard InChI is InChI=1S/C17H28N2/c1-3-17(18)14-10-12-16(13-11-14)19(4-2)15-8-6-5-7-9-15/h10-13,15,17H,3-9,18H2,1-2H3/t17-/m0/s1. The molecule has 1 atom stereocenters. The third-order valence-electron chi connectivity index (χ3n) is 4.45. The fraction of sp³-hybridized carbons (Fsp3) is 0.647. The Hall–Kier alpha value is -1.02. The molecule has 2 nitrogen and oxygen atoms in total. The van der Waals surface area contributed by atoms with Crippen molar-refractivity contribution in [1.29, 1.82) is 0 Å². The van der Waals surface area contributed by atoms with Crippen molar-refractivity contribution in [3.8, 4) is 0 Å². The molecule has 1 fully saturated rings. The summed E-state index contributed by atoms with van der Waals surface area (Å²) in [5, 5.41) is 0. The summed E-state index contributed by atoms with van der Waals surface area (Å²) < 4.78 is 0. The van der Waals surface area contributed by atoms with Gasteiger partial charge >= 0.3 is 0 Å². The molecule has 0 aromatic heterocycles. The van der Waals surface area contributed by atoms with Gasteiger partial charge in [0.15, 0.2) is 0 Å². The Bertz CT molecular complexity index is 365. The van der Waals surface area contributed by atoms with Crippen molar-refractivity contribution in [2.24, 2.45) is 5.73 Å². The second-order valence-corrected chi connectivity index (χ2v) is 5.68. The van der Waals surface area contributed by atoms with Crippen LogP contribution in [0.5, 0.6) is 0 Å². The summed E-state index contributed by atoms with van der Waals surface area (Å²) in [6, 6.07) is 9.83. The second-order valence-electron chi connectivity index (χ2n) is 5.68. The molecule has 0 amide bonds. The number of rotatable bonds is 5. The molecule has 1 aliphatic carbocycles. The predicted molar refractivity (Wildman–Crippen MR) is 83.6 cm³/mol. The van der Waals surface area contributed by atoms with Gasteiger partial charge in [0.2, 0.25) is 0 Å². The van der Waals surface area contributed by atoms with Crippen molar-refractivity contribution in [3.05, 3.63) is 29.8 Å². The van der Waals surface area contributed by atoms with E-state index in [0.717, 1.165) is 19.0 Å². The van der Waals surface area contributed by atoms with Crippen LogP contribution in [0.3, 0.4) is 0 Å². The van der Waals surface area contributed by atoms with E-state index < -0.39 is 0 Å². The highest BCUT2D eigenvalue weighted by molar-refractivity contribution is 5.49. The van der Waals surface area contributed by atoms with E-state index in [-0.39, 0.29) is 6.04 Å². The Morgan fingerprint density at radius 1 is 1.11 bits per heavy atom. The minimum atomic E-state index is 0.179. The van der Waals surface area contributed by atoms with Crippen molar-refractivity contribution in [1.82, 2.24) is 0 Å². The Labute approximate surface area is 118 Å². The minimum absolute atomic E-state index is 0.179. The molecule has 1 aromatic rings. The van der Waals surface area contributed by atoms with Crippen molar-refractivity contribution in [2.75, 3.05) is 11.4 Å². The van der Waals surface area contributed by atoms with Gasteiger partial charge in [0.25, 0.3) is 0 Å². The smallest absolute Gasteiger partial charge is 0.0368 e. The van der Waals surface area contributed by atoms with Crippen LogP contribution in [0, 0.1) is 0 Å². The van der Waals surface area contributed by atoms with Gasteiger partial charge in [-0.05, 0) is 43.9 Å². The van der Waals surface area contributed by atoms with Gasteiger partial charge in [-0.25, -0.2) is 0 Å². The molecule has 1 saturated carbocycles. The predicted octanol–water partition coefficient (Wildman–Crippen LogP) is 4.26. The first-order valence-electron chi connectivity index (χ1n) is 7.88. The van der Waals surface area contributed by atoms with E-state index in [1.54, 1.807) is 0 Å². The normalized spacial score (nSPS) is 18.3. The second kappa shape index (κ2) is 6.95. The molecule has 0 saturated heterocycles. The summed E-state index contributed by atoms with van der Waals surface area (Å²) in [6.07, 6.45) is 7.89. The molecule has 2 rings (SSSR count). The molecule has 19 heavy (non-hydrogen) atoms. The third kappa shape index (κ3) is 3.50. The van der Waals surface area contributed by atoms with Gasteiger partial charge < -0.3 is 10.6 Å². The lowest BCUT2D eigenvalue weighted by molar-refractivity contribution is 0.418. The van der Waals surface area contributed by atoms with Crippen molar-refractivity contribution in [2.45, 2.75) is 64.5 Å². The van der Waals surface area contributed by atoms with E-state index in [4.69, 9.17) is 5.73 Å². The van der Waals surface area contributed by atoms with Crippen molar-refractivity contribution >= 4 is 5.69 Å². The summed E-state index contributed by atoms with van der Waals surface area (Å²) in [5.74, 6) is 0. The molecule has 1 aliphatic rings. The number of nitrogens with two attached hydrogens (primary N) is 1. The van der Waals surface area contributed by atoms with Gasteiger partial charge in [-0.2, -0.15) is 0 Å². The van der Waals surface area contributed by atoms with Gasteiger partial charge in [-0.15, -0.1) is 0 Å². The van der Waals surface area contributed by atoms with Gasteiger partial charge in [0.05, 0.1) is 0 Å². The molecule has 0 heterocycles. The van der Waals surface area contributed by atoms with Crippen LogP contribution in [0.15, 0.2) is 24.3 Å². The fourth-order valence-corrected chi connectivity index (χ4v) is 3.19.